The van der Waals surface area contributed by atoms with Gasteiger partial charge in [0.05, 0.1) is 4.11 Å². The van der Waals surface area contributed by atoms with Gasteiger partial charge in [-0.15, -0.1) is 0 Å². The molecule has 2 aromatic rings. The first-order valence-electron chi connectivity index (χ1n) is 9.13. The van der Waals surface area contributed by atoms with Crippen LogP contribution in [0, 0.1) is 27.6 Å². The van der Waals surface area contributed by atoms with Crippen molar-refractivity contribution >= 4 is 0 Å². The molecule has 0 saturated carbocycles. The molecule has 0 spiro atoms. The molecule has 0 radical (unpaired) electrons. The van der Waals surface area contributed by atoms with Crippen LogP contribution in [0.1, 0.15) is 34.9 Å². The van der Waals surface area contributed by atoms with Gasteiger partial charge in [0.15, 0.2) is 0 Å². The molecule has 0 amide bonds. The topological polar surface area (TPSA) is 25.8 Å². The number of hydrogen-bond donors (Lipinski definition) is 0. The van der Waals surface area contributed by atoms with Crippen molar-refractivity contribution in [2.24, 2.45) is 0 Å². The Bertz CT molecular complexity index is 730. The van der Waals surface area contributed by atoms with Gasteiger partial charge in [0, 0.05) is 32.0 Å². The summed E-state index contributed by atoms with van der Waals surface area (Å²) in [7, 11) is 0. The molecule has 0 aromatic carbocycles. The highest BCUT2D eigenvalue weighted by molar-refractivity contribution is 5.15. The van der Waals surface area contributed by atoms with Crippen molar-refractivity contribution in [1.29, 1.82) is 0 Å². The maximum absolute atomic E-state index is 7.46. The van der Waals surface area contributed by atoms with Gasteiger partial charge < -0.3 is 0 Å². The standard InChI is InChI=1S/2C7H9N/c2*1-6-4-3-5-8-7(6)2/h2*3-5H,1-2H3/i1D3,2D3,3D,4D,5D;. The lowest BCUT2D eigenvalue weighted by molar-refractivity contribution is 1.15. The number of aryl methyl sites for hydroxylation is 3. The molecule has 0 fully saturated rings. The van der Waals surface area contributed by atoms with E-state index in [2.05, 4.69) is 23.0 Å². The zero-order chi connectivity index (χ0) is 19.6. The average Bonchev–Trinajstić information content (AvgIpc) is 2.45. The maximum atomic E-state index is 7.46. The van der Waals surface area contributed by atoms with Crippen LogP contribution >= 0.6 is 0 Å². The van der Waals surface area contributed by atoms with Crippen LogP contribution in [0.25, 0.3) is 0 Å². The summed E-state index contributed by atoms with van der Waals surface area (Å²) in [6.45, 7) is -1.61. The Morgan fingerprint density at radius 2 is 2.00 bits per heavy atom. The molecule has 0 N–H and O–H groups in total. The molecule has 2 nitrogen and oxygen atoms in total. The Morgan fingerprint density at radius 3 is 2.56 bits per heavy atom. The molecular formula is C14H18N2. The first-order valence-corrected chi connectivity index (χ1v) is 4.63. The van der Waals surface area contributed by atoms with E-state index in [1.54, 1.807) is 0 Å². The van der Waals surface area contributed by atoms with Crippen molar-refractivity contribution in [3.8, 4) is 0 Å². The predicted octanol–water partition coefficient (Wildman–Crippen LogP) is 3.40. The summed E-state index contributed by atoms with van der Waals surface area (Å²) in [5.41, 5.74) is 0.794. The quantitative estimate of drug-likeness (QED) is 0.684. The van der Waals surface area contributed by atoms with E-state index < -0.39 is 43.2 Å². The molecule has 2 rings (SSSR count). The summed E-state index contributed by atoms with van der Waals surface area (Å²) in [6, 6.07) is 2.53. The first kappa shape index (κ1) is 4.66. The Morgan fingerprint density at radius 1 is 1.12 bits per heavy atom. The Kier molecular flexibility index (Phi) is 1.75. The Balaban J connectivity index is 0.000000324. The van der Waals surface area contributed by atoms with Crippen LogP contribution < -0.4 is 0 Å². The highest BCUT2D eigenvalue weighted by Crippen LogP contribution is 1.99. The van der Waals surface area contributed by atoms with Gasteiger partial charge in [0.1, 0.15) is 0 Å². The van der Waals surface area contributed by atoms with Crippen LogP contribution in [0.3, 0.4) is 0 Å². The van der Waals surface area contributed by atoms with Gasteiger partial charge in [-0.3, -0.25) is 9.97 Å². The number of hydrogen-bond acceptors (Lipinski definition) is 2. The molecule has 2 aromatic heterocycles. The number of pyridine rings is 2. The van der Waals surface area contributed by atoms with Gasteiger partial charge >= 0.3 is 0 Å². The molecule has 0 bridgehead atoms. The zero-order valence-corrected chi connectivity index (χ0v) is 9.13. The summed E-state index contributed by atoms with van der Waals surface area (Å²) >= 11 is 0. The van der Waals surface area contributed by atoms with Crippen LogP contribution in [0.2, 0.25) is 0 Å². The molecule has 0 aliphatic heterocycles. The third-order valence-corrected chi connectivity index (χ3v) is 1.92. The van der Waals surface area contributed by atoms with E-state index >= 15 is 0 Å². The van der Waals surface area contributed by atoms with E-state index in [4.69, 9.17) is 12.3 Å². The van der Waals surface area contributed by atoms with E-state index in [1.807, 2.05) is 19.2 Å². The minimum absolute atomic E-state index is 0.691. The molecule has 0 aliphatic carbocycles. The van der Waals surface area contributed by atoms with Crippen LogP contribution in [0.4, 0.5) is 0 Å². The van der Waals surface area contributed by atoms with Gasteiger partial charge in [-0.1, -0.05) is 12.1 Å². The predicted molar refractivity (Wildman–Crippen MR) is 67.4 cm³/mol. The van der Waals surface area contributed by atoms with E-state index in [1.165, 1.54) is 5.56 Å². The second-order valence-corrected chi connectivity index (χ2v) is 3.10. The summed E-state index contributed by atoms with van der Waals surface area (Å²) in [5, 5.41) is 0. The lowest BCUT2D eigenvalue weighted by Crippen LogP contribution is -1.81. The van der Waals surface area contributed by atoms with E-state index in [0.717, 1.165) is 5.69 Å². The van der Waals surface area contributed by atoms with Crippen LogP contribution in [-0.2, 0) is 0 Å². The van der Waals surface area contributed by atoms with Crippen LogP contribution in [-0.4, -0.2) is 9.97 Å². The summed E-state index contributed by atoms with van der Waals surface area (Å²) in [6.07, 6.45) is 1.09. The van der Waals surface area contributed by atoms with Crippen molar-refractivity contribution < 1.29 is 12.3 Å². The average molecular weight is 223 g/mol. The zero-order valence-electron chi connectivity index (χ0n) is 18.1. The fourth-order valence-electron chi connectivity index (χ4n) is 0.854. The molecule has 0 unspecified atom stereocenters. The summed E-state index contributed by atoms with van der Waals surface area (Å²) in [5.74, 6) is 0. The maximum Gasteiger partial charge on any atom is 0.0840 e. The molecule has 2 heteroatoms. The largest absolute Gasteiger partial charge is 0.261 e. The van der Waals surface area contributed by atoms with E-state index in [-0.39, 0.29) is 0 Å². The van der Waals surface area contributed by atoms with Gasteiger partial charge in [0.2, 0.25) is 0 Å². The smallest absolute Gasteiger partial charge is 0.0840 e. The highest BCUT2D eigenvalue weighted by atomic mass is 14.7. The molecule has 2 heterocycles. The van der Waals surface area contributed by atoms with Crippen molar-refractivity contribution in [3.63, 3.8) is 0 Å². The lowest BCUT2D eigenvalue weighted by Gasteiger charge is -1.92. The third kappa shape index (κ3) is 3.81. The van der Waals surface area contributed by atoms with Crippen molar-refractivity contribution in [2.75, 3.05) is 0 Å². The normalized spacial score (nSPS) is 19.0. The minimum Gasteiger partial charge on any atom is -0.261 e. The SMILES string of the molecule is Cc1cccnc1C.[2H]c1nc(C([2H])([2H])[2H])c(C([2H])([2H])[2H])c([2H])c1[2H]. The Hall–Kier alpha value is -1.70. The number of nitrogens with zero attached hydrogens (tertiary/aromatic N) is 2. The van der Waals surface area contributed by atoms with E-state index in [9.17, 15) is 0 Å². The second-order valence-electron chi connectivity index (χ2n) is 3.10. The minimum atomic E-state index is -2.85. The van der Waals surface area contributed by atoms with Crippen molar-refractivity contribution in [1.82, 2.24) is 9.97 Å². The van der Waals surface area contributed by atoms with Crippen LogP contribution in [0.5, 0.6) is 0 Å². The fraction of sp³-hybridized carbons (Fsp3) is 0.286. The van der Waals surface area contributed by atoms with Gasteiger partial charge in [-0.25, -0.2) is 0 Å². The molecule has 0 atom stereocenters. The van der Waals surface area contributed by atoms with Gasteiger partial charge in [0.25, 0.3) is 0 Å². The molecule has 0 saturated heterocycles. The number of aromatic nitrogens is 2. The van der Waals surface area contributed by atoms with Crippen molar-refractivity contribution in [2.45, 2.75) is 27.6 Å². The first-order chi connectivity index (χ1) is 11.3. The fourth-order valence-corrected chi connectivity index (χ4v) is 0.854. The van der Waals surface area contributed by atoms with Gasteiger partial charge in [-0.2, -0.15) is 0 Å². The van der Waals surface area contributed by atoms with Gasteiger partial charge in [-0.05, 0) is 50.8 Å². The third-order valence-electron chi connectivity index (χ3n) is 1.92. The lowest BCUT2D eigenvalue weighted by atomic mass is 10.2. The number of rotatable bonds is 0. The summed E-state index contributed by atoms with van der Waals surface area (Å²) in [4.78, 5) is 7.39. The highest BCUT2D eigenvalue weighted by Gasteiger charge is 1.86. The molecule has 0 aliphatic rings. The van der Waals surface area contributed by atoms with Crippen molar-refractivity contribution in [3.05, 3.63) is 59.1 Å². The van der Waals surface area contributed by atoms with Crippen LogP contribution in [0.15, 0.2) is 36.6 Å². The monoisotopic (exact) mass is 223 g/mol. The van der Waals surface area contributed by atoms with E-state index in [0.29, 0.717) is 0 Å². The second kappa shape index (κ2) is 6.01. The molecular weight excluding hydrogens is 196 g/mol. The molecule has 16 heavy (non-hydrogen) atoms. The molecule has 84 valence electrons. The summed E-state index contributed by atoms with van der Waals surface area (Å²) < 4.78 is 65.0. The Labute approximate surface area is 110 Å².